The lowest BCUT2D eigenvalue weighted by Gasteiger charge is -2.36. The van der Waals surface area contributed by atoms with Gasteiger partial charge in [0.15, 0.2) is 0 Å². The van der Waals surface area contributed by atoms with Crippen LogP contribution in [-0.4, -0.2) is 68.2 Å². The summed E-state index contributed by atoms with van der Waals surface area (Å²) in [6.07, 6.45) is 9.10. The third-order valence-electron chi connectivity index (χ3n) is 6.86. The molecule has 2 N–H and O–H groups in total. The fraction of sp³-hybridized carbons (Fsp3) is 0.423. The third kappa shape index (κ3) is 5.22. The second-order valence-corrected chi connectivity index (χ2v) is 9.12. The number of pyridine rings is 1. The number of aryl methyl sites for hydroxylation is 1. The van der Waals surface area contributed by atoms with Gasteiger partial charge < -0.3 is 19.6 Å². The Morgan fingerprint density at radius 1 is 1.12 bits per heavy atom. The molecule has 0 unspecified atom stereocenters. The number of phenolic OH excluding ortho intramolecular Hbond substituents is 1. The van der Waals surface area contributed by atoms with E-state index >= 15 is 0 Å². The van der Waals surface area contributed by atoms with E-state index in [2.05, 4.69) is 25.0 Å². The van der Waals surface area contributed by atoms with Crippen LogP contribution in [0.15, 0.2) is 48.8 Å². The first-order chi connectivity index (χ1) is 16.7. The summed E-state index contributed by atoms with van der Waals surface area (Å²) in [5, 5.41) is 17.3. The molecular weight excluding hydrogens is 430 g/mol. The molecule has 0 saturated carbocycles. The van der Waals surface area contributed by atoms with Crippen LogP contribution in [-0.2, 0) is 11.2 Å². The van der Waals surface area contributed by atoms with E-state index in [0.29, 0.717) is 23.6 Å². The fourth-order valence-electron chi connectivity index (χ4n) is 4.96. The molecule has 2 fully saturated rings. The Labute approximate surface area is 199 Å². The molecule has 3 aromatic rings. The van der Waals surface area contributed by atoms with Crippen molar-refractivity contribution in [3.8, 4) is 28.6 Å². The van der Waals surface area contributed by atoms with Crippen molar-refractivity contribution in [3.63, 3.8) is 0 Å². The van der Waals surface area contributed by atoms with Crippen molar-refractivity contribution in [2.45, 2.75) is 44.6 Å². The molecule has 8 nitrogen and oxygen atoms in total. The molecule has 8 heteroatoms. The molecule has 4 heterocycles. The first-order valence-electron chi connectivity index (χ1n) is 12.1. The Kier molecular flexibility index (Phi) is 6.76. The highest BCUT2D eigenvalue weighted by molar-refractivity contribution is 5.78. The number of likely N-dealkylation sites (tertiary alicyclic amines) is 2. The number of benzene rings is 1. The SMILES string of the molecule is O=C1CCCN1C1CCN(CCCc2ccc(Oc3ccc(-c4ccn[nH]4)cn3)cc2O)CC1. The summed E-state index contributed by atoms with van der Waals surface area (Å²) in [5.41, 5.74) is 2.75. The van der Waals surface area contributed by atoms with Gasteiger partial charge in [-0.2, -0.15) is 5.10 Å². The van der Waals surface area contributed by atoms with Crippen molar-refractivity contribution in [2.24, 2.45) is 0 Å². The minimum Gasteiger partial charge on any atom is -0.508 e. The highest BCUT2D eigenvalue weighted by Gasteiger charge is 2.30. The lowest BCUT2D eigenvalue weighted by atomic mass is 10.0. The predicted molar refractivity (Wildman–Crippen MR) is 129 cm³/mol. The van der Waals surface area contributed by atoms with Crippen LogP contribution in [0.4, 0.5) is 0 Å². The molecule has 0 radical (unpaired) electrons. The molecule has 2 saturated heterocycles. The molecule has 0 aliphatic carbocycles. The van der Waals surface area contributed by atoms with E-state index in [4.69, 9.17) is 4.74 Å². The zero-order valence-corrected chi connectivity index (χ0v) is 19.3. The van der Waals surface area contributed by atoms with Crippen molar-refractivity contribution in [1.29, 1.82) is 0 Å². The lowest BCUT2D eigenvalue weighted by Crippen LogP contribution is -2.45. The summed E-state index contributed by atoms with van der Waals surface area (Å²) < 4.78 is 5.81. The average Bonchev–Trinajstić information content (AvgIpc) is 3.54. The number of aromatic amines is 1. The number of nitrogens with zero attached hydrogens (tertiary/aromatic N) is 4. The number of H-pyrrole nitrogens is 1. The van der Waals surface area contributed by atoms with E-state index in [1.807, 2.05) is 24.3 Å². The zero-order valence-electron chi connectivity index (χ0n) is 19.3. The van der Waals surface area contributed by atoms with Crippen LogP contribution in [0.25, 0.3) is 11.3 Å². The number of rotatable bonds is 8. The summed E-state index contributed by atoms with van der Waals surface area (Å²) >= 11 is 0. The van der Waals surface area contributed by atoms with Crippen molar-refractivity contribution in [3.05, 3.63) is 54.4 Å². The molecule has 0 bridgehead atoms. The van der Waals surface area contributed by atoms with E-state index in [9.17, 15) is 9.90 Å². The number of aromatic nitrogens is 3. The highest BCUT2D eigenvalue weighted by atomic mass is 16.5. The molecule has 34 heavy (non-hydrogen) atoms. The molecule has 1 amide bonds. The summed E-state index contributed by atoms with van der Waals surface area (Å²) in [4.78, 5) is 20.9. The second-order valence-electron chi connectivity index (χ2n) is 9.12. The van der Waals surface area contributed by atoms with E-state index < -0.39 is 0 Å². The van der Waals surface area contributed by atoms with Crippen molar-refractivity contribution in [1.82, 2.24) is 25.0 Å². The number of hydrogen-bond donors (Lipinski definition) is 2. The molecule has 1 aromatic carbocycles. The number of ether oxygens (including phenoxy) is 1. The smallest absolute Gasteiger partial charge is 0.222 e. The molecule has 2 aliphatic heterocycles. The Morgan fingerprint density at radius 3 is 2.68 bits per heavy atom. The highest BCUT2D eigenvalue weighted by Crippen LogP contribution is 2.29. The normalized spacial score (nSPS) is 17.4. The number of nitrogens with one attached hydrogen (secondary N) is 1. The Morgan fingerprint density at radius 2 is 2.00 bits per heavy atom. The molecule has 178 valence electrons. The Balaban J connectivity index is 1.08. The first-order valence-corrected chi connectivity index (χ1v) is 12.1. The summed E-state index contributed by atoms with van der Waals surface area (Å²) in [5.74, 6) is 1.61. The number of amides is 1. The Hall–Kier alpha value is -3.39. The molecule has 0 atom stereocenters. The number of piperidine rings is 1. The van der Waals surface area contributed by atoms with Crippen molar-refractivity contribution in [2.75, 3.05) is 26.2 Å². The maximum atomic E-state index is 12.0. The minimum absolute atomic E-state index is 0.248. The second kappa shape index (κ2) is 10.3. The fourth-order valence-corrected chi connectivity index (χ4v) is 4.96. The van der Waals surface area contributed by atoms with E-state index in [1.54, 1.807) is 24.5 Å². The molecular formula is C26H31N5O3. The van der Waals surface area contributed by atoms with Crippen LogP contribution in [0.2, 0.25) is 0 Å². The molecule has 2 aromatic heterocycles. The largest absolute Gasteiger partial charge is 0.508 e. The third-order valence-corrected chi connectivity index (χ3v) is 6.86. The van der Waals surface area contributed by atoms with Crippen LogP contribution in [0, 0.1) is 0 Å². The number of carbonyl (C=O) groups excluding carboxylic acids is 1. The van der Waals surface area contributed by atoms with Gasteiger partial charge in [0, 0.05) is 62.2 Å². The standard InChI is InChI=1S/C26H31N5O3/c32-24-17-22(34-25-8-6-20(18-27-25)23-9-12-28-29-23)7-5-19(24)3-1-13-30-15-10-21(11-16-30)31-14-2-4-26(31)33/h5-9,12,17-18,21,32H,1-4,10-11,13-16H2,(H,28,29). The zero-order chi connectivity index (χ0) is 23.3. The van der Waals surface area contributed by atoms with Gasteiger partial charge in [-0.05, 0) is 62.4 Å². The molecule has 0 spiro atoms. The Bertz CT molecular complexity index is 1090. The van der Waals surface area contributed by atoms with Crippen LogP contribution >= 0.6 is 0 Å². The number of aromatic hydroxyl groups is 1. The quantitative estimate of drug-likeness (QED) is 0.527. The van der Waals surface area contributed by atoms with Gasteiger partial charge in [-0.3, -0.25) is 9.89 Å². The topological polar surface area (TPSA) is 94.6 Å². The lowest BCUT2D eigenvalue weighted by molar-refractivity contribution is -0.130. The summed E-state index contributed by atoms with van der Waals surface area (Å²) in [6.45, 7) is 4.03. The summed E-state index contributed by atoms with van der Waals surface area (Å²) in [7, 11) is 0. The average molecular weight is 462 g/mol. The minimum atomic E-state index is 0.248. The van der Waals surface area contributed by atoms with E-state index in [0.717, 1.165) is 81.5 Å². The monoisotopic (exact) mass is 461 g/mol. The number of phenols is 1. The summed E-state index contributed by atoms with van der Waals surface area (Å²) in [6, 6.07) is 11.5. The first kappa shape index (κ1) is 22.4. The van der Waals surface area contributed by atoms with Gasteiger partial charge in [0.2, 0.25) is 11.8 Å². The molecule has 2 aliphatic rings. The number of carbonyl (C=O) groups is 1. The predicted octanol–water partition coefficient (Wildman–Crippen LogP) is 3.99. The van der Waals surface area contributed by atoms with Gasteiger partial charge in [-0.1, -0.05) is 6.07 Å². The maximum Gasteiger partial charge on any atom is 0.222 e. The van der Waals surface area contributed by atoms with Crippen LogP contribution in [0.5, 0.6) is 17.4 Å². The van der Waals surface area contributed by atoms with Crippen LogP contribution in [0.3, 0.4) is 0 Å². The van der Waals surface area contributed by atoms with Crippen LogP contribution in [0.1, 0.15) is 37.7 Å². The molecule has 5 rings (SSSR count). The van der Waals surface area contributed by atoms with E-state index in [1.165, 1.54) is 0 Å². The van der Waals surface area contributed by atoms with Crippen LogP contribution < -0.4 is 4.74 Å². The van der Waals surface area contributed by atoms with Gasteiger partial charge in [-0.25, -0.2) is 4.98 Å². The van der Waals surface area contributed by atoms with Gasteiger partial charge in [-0.15, -0.1) is 0 Å². The van der Waals surface area contributed by atoms with Crippen molar-refractivity contribution < 1.29 is 14.6 Å². The van der Waals surface area contributed by atoms with Gasteiger partial charge in [0.25, 0.3) is 0 Å². The van der Waals surface area contributed by atoms with Gasteiger partial charge >= 0.3 is 0 Å². The van der Waals surface area contributed by atoms with E-state index in [-0.39, 0.29) is 5.75 Å². The van der Waals surface area contributed by atoms with Crippen molar-refractivity contribution >= 4 is 5.91 Å². The maximum absolute atomic E-state index is 12.0. The van der Waals surface area contributed by atoms with Gasteiger partial charge in [0.05, 0.1) is 5.69 Å². The van der Waals surface area contributed by atoms with Gasteiger partial charge in [0.1, 0.15) is 11.5 Å². The number of hydrogen-bond acceptors (Lipinski definition) is 6.